The van der Waals surface area contributed by atoms with E-state index >= 15 is 0 Å². The minimum absolute atomic E-state index is 0.288. The number of sulfonamides is 1. The molecule has 0 saturated heterocycles. The number of aryl methyl sites for hydroxylation is 1. The fourth-order valence-corrected chi connectivity index (χ4v) is 3.22. The Kier molecular flexibility index (Phi) is 5.75. The molecule has 1 fully saturated rings. The van der Waals surface area contributed by atoms with Gasteiger partial charge < -0.3 is 10.5 Å². The Morgan fingerprint density at radius 3 is 2.76 bits per heavy atom. The highest BCUT2D eigenvalue weighted by Crippen LogP contribution is 2.28. The number of nitrogens with one attached hydrogen (secondary N) is 1. The van der Waals surface area contributed by atoms with Gasteiger partial charge in [-0.25, -0.2) is 13.1 Å². The van der Waals surface area contributed by atoms with Gasteiger partial charge in [0.15, 0.2) is 0 Å². The molecule has 0 aromatic heterocycles. The maximum absolute atomic E-state index is 12.2. The predicted molar refractivity (Wildman–Crippen MR) is 82.4 cm³/mol. The molecule has 0 amide bonds. The summed E-state index contributed by atoms with van der Waals surface area (Å²) >= 11 is 0. The first-order valence-corrected chi connectivity index (χ1v) is 8.88. The quantitative estimate of drug-likeness (QED) is 0.678. The summed E-state index contributed by atoms with van der Waals surface area (Å²) in [6.07, 6.45) is 3.22. The van der Waals surface area contributed by atoms with Gasteiger partial charge >= 0.3 is 0 Å². The normalized spacial score (nSPS) is 15.3. The van der Waals surface area contributed by atoms with E-state index in [1.165, 1.54) is 12.8 Å². The van der Waals surface area contributed by atoms with Crippen LogP contribution in [0.3, 0.4) is 0 Å². The van der Waals surface area contributed by atoms with Crippen LogP contribution in [0.4, 0.5) is 0 Å². The summed E-state index contributed by atoms with van der Waals surface area (Å²) in [5.41, 5.74) is 7.44. The van der Waals surface area contributed by atoms with Gasteiger partial charge in [0.1, 0.15) is 0 Å². The van der Waals surface area contributed by atoms with Crippen molar-refractivity contribution in [1.29, 1.82) is 0 Å². The van der Waals surface area contributed by atoms with Gasteiger partial charge in [-0.2, -0.15) is 0 Å². The molecule has 0 radical (unpaired) electrons. The third-order valence-corrected chi connectivity index (χ3v) is 5.11. The van der Waals surface area contributed by atoms with E-state index in [0.717, 1.165) is 23.7 Å². The average Bonchev–Trinajstić information content (AvgIpc) is 3.26. The molecule has 0 atom stereocenters. The van der Waals surface area contributed by atoms with E-state index in [9.17, 15) is 8.42 Å². The van der Waals surface area contributed by atoms with Crippen LogP contribution in [-0.4, -0.2) is 28.2 Å². The van der Waals surface area contributed by atoms with Crippen molar-refractivity contribution in [2.75, 3.05) is 19.8 Å². The smallest absolute Gasteiger partial charge is 0.240 e. The molecular formula is C15H24N2O3S. The van der Waals surface area contributed by atoms with Crippen molar-refractivity contribution >= 4 is 10.0 Å². The number of hydrogen-bond acceptors (Lipinski definition) is 4. The van der Waals surface area contributed by atoms with Crippen molar-refractivity contribution in [3.8, 4) is 0 Å². The number of ether oxygens (including phenoxy) is 1. The van der Waals surface area contributed by atoms with Gasteiger partial charge in [-0.1, -0.05) is 6.07 Å². The largest absolute Gasteiger partial charge is 0.381 e. The Labute approximate surface area is 126 Å². The maximum atomic E-state index is 12.2. The molecule has 0 bridgehead atoms. The summed E-state index contributed by atoms with van der Waals surface area (Å²) in [5.74, 6) is 0.741. The molecule has 1 aromatic carbocycles. The molecule has 0 unspecified atom stereocenters. The van der Waals surface area contributed by atoms with Crippen LogP contribution in [0, 0.1) is 12.8 Å². The van der Waals surface area contributed by atoms with Crippen LogP contribution in [0.5, 0.6) is 0 Å². The minimum atomic E-state index is -3.45. The molecule has 0 heterocycles. The molecule has 2 rings (SSSR count). The maximum Gasteiger partial charge on any atom is 0.240 e. The van der Waals surface area contributed by atoms with E-state index in [0.29, 0.717) is 26.1 Å². The summed E-state index contributed by atoms with van der Waals surface area (Å²) < 4.78 is 32.4. The van der Waals surface area contributed by atoms with Gasteiger partial charge in [0.2, 0.25) is 10.0 Å². The summed E-state index contributed by atoms with van der Waals surface area (Å²) in [7, 11) is -3.45. The molecule has 1 aliphatic rings. The molecule has 21 heavy (non-hydrogen) atoms. The first-order valence-electron chi connectivity index (χ1n) is 7.40. The molecular weight excluding hydrogens is 288 g/mol. The standard InChI is InChI=1S/C15H24N2O3S/c1-12-9-15(6-5-14(12)10-16)21(18,19)17-7-2-8-20-11-13-3-4-13/h5-6,9,13,17H,2-4,7-8,10-11,16H2,1H3. The third kappa shape index (κ3) is 5.07. The fourth-order valence-electron chi connectivity index (χ4n) is 2.06. The van der Waals surface area contributed by atoms with E-state index < -0.39 is 10.0 Å². The average molecular weight is 312 g/mol. The van der Waals surface area contributed by atoms with Crippen LogP contribution in [-0.2, 0) is 21.3 Å². The number of rotatable bonds is 9. The topological polar surface area (TPSA) is 81.4 Å². The minimum Gasteiger partial charge on any atom is -0.381 e. The van der Waals surface area contributed by atoms with E-state index in [-0.39, 0.29) is 4.90 Å². The molecule has 6 heteroatoms. The molecule has 0 spiro atoms. The van der Waals surface area contributed by atoms with Gasteiger partial charge in [0, 0.05) is 26.3 Å². The van der Waals surface area contributed by atoms with E-state index in [1.54, 1.807) is 18.2 Å². The second kappa shape index (κ2) is 7.35. The van der Waals surface area contributed by atoms with Gasteiger partial charge in [0.25, 0.3) is 0 Å². The van der Waals surface area contributed by atoms with Crippen LogP contribution < -0.4 is 10.5 Å². The van der Waals surface area contributed by atoms with Crippen LogP contribution in [0.15, 0.2) is 23.1 Å². The van der Waals surface area contributed by atoms with Crippen LogP contribution in [0.2, 0.25) is 0 Å². The lowest BCUT2D eigenvalue weighted by molar-refractivity contribution is 0.123. The highest BCUT2D eigenvalue weighted by atomic mass is 32.2. The van der Waals surface area contributed by atoms with Crippen molar-refractivity contribution in [2.24, 2.45) is 11.7 Å². The number of benzene rings is 1. The zero-order valence-corrected chi connectivity index (χ0v) is 13.3. The predicted octanol–water partition coefficient (Wildman–Crippen LogP) is 1.55. The van der Waals surface area contributed by atoms with Gasteiger partial charge in [-0.05, 0) is 55.4 Å². The number of nitrogens with two attached hydrogens (primary N) is 1. The molecule has 118 valence electrons. The highest BCUT2D eigenvalue weighted by molar-refractivity contribution is 7.89. The third-order valence-electron chi connectivity index (χ3n) is 3.65. The molecule has 1 saturated carbocycles. The first-order chi connectivity index (χ1) is 10.0. The Hall–Kier alpha value is -0.950. The lowest BCUT2D eigenvalue weighted by Crippen LogP contribution is -2.25. The zero-order chi connectivity index (χ0) is 15.3. The summed E-state index contributed by atoms with van der Waals surface area (Å²) in [4.78, 5) is 0.288. The highest BCUT2D eigenvalue weighted by Gasteiger charge is 2.21. The second-order valence-electron chi connectivity index (χ2n) is 5.56. The first kappa shape index (κ1) is 16.4. The van der Waals surface area contributed by atoms with Crippen LogP contribution in [0.25, 0.3) is 0 Å². The summed E-state index contributed by atoms with van der Waals surface area (Å²) in [5, 5.41) is 0. The number of hydrogen-bond donors (Lipinski definition) is 2. The molecule has 1 aliphatic carbocycles. The van der Waals surface area contributed by atoms with E-state index in [1.807, 2.05) is 6.92 Å². The van der Waals surface area contributed by atoms with E-state index in [4.69, 9.17) is 10.5 Å². The second-order valence-corrected chi connectivity index (χ2v) is 7.33. The molecule has 5 nitrogen and oxygen atoms in total. The summed E-state index contributed by atoms with van der Waals surface area (Å²) in [6, 6.07) is 5.03. The monoisotopic (exact) mass is 312 g/mol. The van der Waals surface area contributed by atoms with Crippen molar-refractivity contribution in [1.82, 2.24) is 4.72 Å². The lowest BCUT2D eigenvalue weighted by atomic mass is 10.1. The zero-order valence-electron chi connectivity index (χ0n) is 12.5. The molecule has 1 aromatic rings. The van der Waals surface area contributed by atoms with Crippen LogP contribution in [0.1, 0.15) is 30.4 Å². The summed E-state index contributed by atoms with van der Waals surface area (Å²) in [6.45, 7) is 4.09. The van der Waals surface area contributed by atoms with Crippen molar-refractivity contribution in [2.45, 2.75) is 37.6 Å². The van der Waals surface area contributed by atoms with Crippen LogP contribution >= 0.6 is 0 Å². The van der Waals surface area contributed by atoms with Gasteiger partial charge in [-0.3, -0.25) is 0 Å². The van der Waals surface area contributed by atoms with Crippen molar-refractivity contribution in [3.63, 3.8) is 0 Å². The fraction of sp³-hybridized carbons (Fsp3) is 0.600. The Morgan fingerprint density at radius 2 is 2.14 bits per heavy atom. The van der Waals surface area contributed by atoms with Crippen molar-refractivity contribution < 1.29 is 13.2 Å². The Morgan fingerprint density at radius 1 is 1.38 bits per heavy atom. The molecule has 0 aliphatic heterocycles. The Bertz CT molecular complexity index is 568. The van der Waals surface area contributed by atoms with Crippen molar-refractivity contribution in [3.05, 3.63) is 29.3 Å². The molecule has 3 N–H and O–H groups in total. The Balaban J connectivity index is 1.78. The SMILES string of the molecule is Cc1cc(S(=O)(=O)NCCCOCC2CC2)ccc1CN. The lowest BCUT2D eigenvalue weighted by Gasteiger charge is -2.09. The van der Waals surface area contributed by atoms with E-state index in [2.05, 4.69) is 4.72 Å². The van der Waals surface area contributed by atoms with Gasteiger partial charge in [-0.15, -0.1) is 0 Å². The van der Waals surface area contributed by atoms with Gasteiger partial charge in [0.05, 0.1) is 4.90 Å².